The zero-order valence-corrected chi connectivity index (χ0v) is 13.6. The minimum Gasteiger partial charge on any atom is -0.321 e. The van der Waals surface area contributed by atoms with Crippen LogP contribution in [0.4, 0.5) is 5.69 Å². The molecule has 0 heterocycles. The van der Waals surface area contributed by atoms with Gasteiger partial charge in [0.05, 0.1) is 16.3 Å². The number of hydrogen-bond acceptors (Lipinski definition) is 1. The van der Waals surface area contributed by atoms with Gasteiger partial charge in [0.2, 0.25) is 0 Å². The van der Waals surface area contributed by atoms with Crippen LogP contribution in [0.3, 0.4) is 0 Å². The number of anilines is 1. The van der Waals surface area contributed by atoms with E-state index < -0.39 is 0 Å². The van der Waals surface area contributed by atoms with Crippen LogP contribution < -0.4 is 5.32 Å². The monoisotopic (exact) mass is 435 g/mol. The van der Waals surface area contributed by atoms with Crippen LogP contribution in [0.25, 0.3) is 0 Å². The molecule has 1 N–H and O–H groups in total. The first-order valence-corrected chi connectivity index (χ1v) is 7.34. The van der Waals surface area contributed by atoms with E-state index in [0.717, 1.165) is 8.04 Å². The molecule has 0 aliphatic heterocycles. The third kappa shape index (κ3) is 3.24. The van der Waals surface area contributed by atoms with Crippen LogP contribution in [0.15, 0.2) is 46.9 Å². The van der Waals surface area contributed by atoms with Gasteiger partial charge in [-0.1, -0.05) is 39.7 Å². The first-order chi connectivity index (χ1) is 8.58. The number of carbonyl (C=O) groups excluding carboxylic acids is 1. The predicted octanol–water partition coefficient (Wildman–Crippen LogP) is 4.96. The van der Waals surface area contributed by atoms with E-state index >= 15 is 0 Å². The molecule has 0 spiro atoms. The summed E-state index contributed by atoms with van der Waals surface area (Å²) in [5.74, 6) is -0.163. The van der Waals surface area contributed by atoms with Gasteiger partial charge in [0.15, 0.2) is 0 Å². The fraction of sp³-hybridized carbons (Fsp3) is 0. The molecule has 5 heteroatoms. The standard InChI is InChI=1S/C13H8BrClINO/c14-8-5-6-12(10(15)7-8)17-13(18)9-3-1-2-4-11(9)16/h1-7H,(H,17,18). The van der Waals surface area contributed by atoms with Crippen molar-refractivity contribution in [2.75, 3.05) is 5.32 Å². The molecule has 0 radical (unpaired) electrons. The van der Waals surface area contributed by atoms with E-state index in [-0.39, 0.29) is 5.91 Å². The van der Waals surface area contributed by atoms with Crippen LogP contribution >= 0.6 is 50.1 Å². The number of rotatable bonds is 2. The van der Waals surface area contributed by atoms with E-state index in [9.17, 15) is 4.79 Å². The van der Waals surface area contributed by atoms with E-state index in [1.165, 1.54) is 0 Å². The number of amides is 1. The van der Waals surface area contributed by atoms with Gasteiger partial charge >= 0.3 is 0 Å². The highest BCUT2D eigenvalue weighted by Gasteiger charge is 2.11. The highest BCUT2D eigenvalue weighted by atomic mass is 127. The van der Waals surface area contributed by atoms with Crippen molar-refractivity contribution in [1.29, 1.82) is 0 Å². The number of benzene rings is 2. The predicted molar refractivity (Wildman–Crippen MR) is 86.3 cm³/mol. The Morgan fingerprint density at radius 2 is 1.94 bits per heavy atom. The summed E-state index contributed by atoms with van der Waals surface area (Å²) in [7, 11) is 0. The van der Waals surface area contributed by atoms with E-state index in [2.05, 4.69) is 43.8 Å². The van der Waals surface area contributed by atoms with Crippen molar-refractivity contribution in [3.63, 3.8) is 0 Å². The molecular formula is C13H8BrClINO. The summed E-state index contributed by atoms with van der Waals surface area (Å²) < 4.78 is 1.78. The summed E-state index contributed by atoms with van der Waals surface area (Å²) in [4.78, 5) is 12.1. The van der Waals surface area contributed by atoms with Gasteiger partial charge < -0.3 is 5.32 Å². The Morgan fingerprint density at radius 3 is 2.61 bits per heavy atom. The molecule has 2 aromatic rings. The number of nitrogens with one attached hydrogen (secondary N) is 1. The molecule has 2 nitrogen and oxygen atoms in total. The lowest BCUT2D eigenvalue weighted by Crippen LogP contribution is -2.13. The summed E-state index contributed by atoms with van der Waals surface area (Å²) in [6, 6.07) is 12.7. The van der Waals surface area contributed by atoms with Gasteiger partial charge in [-0.2, -0.15) is 0 Å². The molecule has 0 fully saturated rings. The number of hydrogen-bond donors (Lipinski definition) is 1. The summed E-state index contributed by atoms with van der Waals surface area (Å²) >= 11 is 11.5. The van der Waals surface area contributed by atoms with E-state index in [1.807, 2.05) is 24.3 Å². The molecule has 0 unspecified atom stereocenters. The highest BCUT2D eigenvalue weighted by Crippen LogP contribution is 2.26. The van der Waals surface area contributed by atoms with E-state index in [1.54, 1.807) is 18.2 Å². The molecule has 18 heavy (non-hydrogen) atoms. The molecule has 2 aromatic carbocycles. The Balaban J connectivity index is 2.24. The summed E-state index contributed by atoms with van der Waals surface area (Å²) in [5, 5.41) is 3.30. The zero-order valence-electron chi connectivity index (χ0n) is 9.08. The topological polar surface area (TPSA) is 29.1 Å². The van der Waals surface area contributed by atoms with Crippen molar-refractivity contribution in [2.45, 2.75) is 0 Å². The first kappa shape index (κ1) is 13.8. The third-order valence-corrected chi connectivity index (χ3v) is 4.04. The smallest absolute Gasteiger partial charge is 0.256 e. The third-order valence-electron chi connectivity index (χ3n) is 2.30. The Kier molecular flexibility index (Phi) is 4.64. The van der Waals surface area contributed by atoms with Crippen molar-refractivity contribution in [2.24, 2.45) is 0 Å². The van der Waals surface area contributed by atoms with Gasteiger partial charge in [0.25, 0.3) is 5.91 Å². The van der Waals surface area contributed by atoms with Crippen LogP contribution in [-0.2, 0) is 0 Å². The van der Waals surface area contributed by atoms with Crippen LogP contribution in [0, 0.1) is 3.57 Å². The van der Waals surface area contributed by atoms with Gasteiger partial charge in [-0.25, -0.2) is 0 Å². The van der Waals surface area contributed by atoms with Crippen molar-refractivity contribution in [3.8, 4) is 0 Å². The number of halogens is 3. The molecule has 2 rings (SSSR count). The van der Waals surface area contributed by atoms with Crippen LogP contribution in [-0.4, -0.2) is 5.91 Å². The lowest BCUT2D eigenvalue weighted by atomic mass is 10.2. The Bertz CT molecular complexity index is 603. The van der Waals surface area contributed by atoms with Gasteiger partial charge in [-0.3, -0.25) is 4.79 Å². The molecule has 0 aliphatic carbocycles. The van der Waals surface area contributed by atoms with Crippen LogP contribution in [0.5, 0.6) is 0 Å². The molecule has 0 atom stereocenters. The van der Waals surface area contributed by atoms with Crippen molar-refractivity contribution in [3.05, 3.63) is 61.1 Å². The zero-order chi connectivity index (χ0) is 13.1. The van der Waals surface area contributed by atoms with Gasteiger partial charge in [0, 0.05) is 8.04 Å². The maximum Gasteiger partial charge on any atom is 0.256 e. The summed E-state index contributed by atoms with van der Waals surface area (Å²) in [5.41, 5.74) is 1.24. The molecule has 0 aliphatic rings. The van der Waals surface area contributed by atoms with Gasteiger partial charge in [-0.15, -0.1) is 0 Å². The molecule has 0 aromatic heterocycles. The Labute approximate surface area is 132 Å². The maximum atomic E-state index is 12.1. The average molecular weight is 436 g/mol. The van der Waals surface area contributed by atoms with Gasteiger partial charge in [-0.05, 0) is 52.9 Å². The Hall–Kier alpha value is -0.590. The molecular weight excluding hydrogens is 428 g/mol. The minimum atomic E-state index is -0.163. The van der Waals surface area contributed by atoms with Gasteiger partial charge in [0.1, 0.15) is 0 Å². The van der Waals surface area contributed by atoms with E-state index in [4.69, 9.17) is 11.6 Å². The first-order valence-electron chi connectivity index (χ1n) is 5.09. The SMILES string of the molecule is O=C(Nc1ccc(Br)cc1Cl)c1ccccc1I. The maximum absolute atomic E-state index is 12.1. The minimum absolute atomic E-state index is 0.163. The van der Waals surface area contributed by atoms with Crippen LogP contribution in [0.2, 0.25) is 5.02 Å². The summed E-state index contributed by atoms with van der Waals surface area (Å²) in [6.07, 6.45) is 0. The fourth-order valence-electron chi connectivity index (χ4n) is 1.43. The second kappa shape index (κ2) is 6.04. The lowest BCUT2D eigenvalue weighted by molar-refractivity contribution is 0.102. The molecule has 0 saturated carbocycles. The lowest BCUT2D eigenvalue weighted by Gasteiger charge is -2.08. The van der Waals surface area contributed by atoms with Crippen molar-refractivity contribution >= 4 is 61.7 Å². The van der Waals surface area contributed by atoms with Crippen molar-refractivity contribution < 1.29 is 4.79 Å². The quantitative estimate of drug-likeness (QED) is 0.663. The highest BCUT2D eigenvalue weighted by molar-refractivity contribution is 14.1. The molecule has 1 amide bonds. The van der Waals surface area contributed by atoms with Crippen molar-refractivity contribution in [1.82, 2.24) is 0 Å². The second-order valence-electron chi connectivity index (χ2n) is 3.56. The Morgan fingerprint density at radius 1 is 1.22 bits per heavy atom. The normalized spacial score (nSPS) is 10.2. The van der Waals surface area contributed by atoms with E-state index in [0.29, 0.717) is 16.3 Å². The molecule has 0 bridgehead atoms. The summed E-state index contributed by atoms with van der Waals surface area (Å²) in [6.45, 7) is 0. The van der Waals surface area contributed by atoms with Crippen LogP contribution in [0.1, 0.15) is 10.4 Å². The largest absolute Gasteiger partial charge is 0.321 e. The molecule has 0 saturated heterocycles. The molecule has 92 valence electrons. The average Bonchev–Trinajstić information content (AvgIpc) is 2.33. The number of carbonyl (C=O) groups is 1. The second-order valence-corrected chi connectivity index (χ2v) is 6.04. The fourth-order valence-corrected chi connectivity index (χ4v) is 2.78.